The third kappa shape index (κ3) is 3.59. The van der Waals surface area contributed by atoms with Gasteiger partial charge in [-0.1, -0.05) is 18.2 Å². The number of hydrogen-bond donors (Lipinski definition) is 0. The summed E-state index contributed by atoms with van der Waals surface area (Å²) in [5.41, 5.74) is 3.74. The lowest BCUT2D eigenvalue weighted by molar-refractivity contribution is 0.0604. The van der Waals surface area contributed by atoms with Crippen molar-refractivity contribution >= 4 is 16.9 Å². The first-order valence-corrected chi connectivity index (χ1v) is 10.4. The Balaban J connectivity index is 1.25. The summed E-state index contributed by atoms with van der Waals surface area (Å²) in [6.07, 6.45) is 10.9. The van der Waals surface area contributed by atoms with Crippen LogP contribution in [0.3, 0.4) is 0 Å². The Morgan fingerprint density at radius 1 is 0.893 bits per heavy atom. The summed E-state index contributed by atoms with van der Waals surface area (Å²) in [5, 5.41) is 0. The molecule has 2 aliphatic heterocycles. The van der Waals surface area contributed by atoms with E-state index in [0.29, 0.717) is 5.41 Å². The van der Waals surface area contributed by atoms with Gasteiger partial charge >= 0.3 is 0 Å². The normalized spacial score (nSPS) is 19.9. The van der Waals surface area contributed by atoms with Crippen molar-refractivity contribution < 1.29 is 0 Å². The van der Waals surface area contributed by atoms with Gasteiger partial charge in [-0.15, -0.1) is 0 Å². The van der Waals surface area contributed by atoms with Crippen molar-refractivity contribution in [2.45, 2.75) is 32.2 Å². The van der Waals surface area contributed by atoms with Gasteiger partial charge < -0.3 is 4.90 Å². The van der Waals surface area contributed by atoms with E-state index in [1.165, 1.54) is 44.3 Å². The highest BCUT2D eigenvalue weighted by atomic mass is 15.2. The second-order valence-corrected chi connectivity index (χ2v) is 8.38. The number of pyridine rings is 1. The van der Waals surface area contributed by atoms with Crippen LogP contribution in [-0.2, 0) is 6.54 Å². The second-order valence-electron chi connectivity index (χ2n) is 8.38. The van der Waals surface area contributed by atoms with Crippen molar-refractivity contribution in [2.75, 3.05) is 31.1 Å². The van der Waals surface area contributed by atoms with E-state index in [2.05, 4.69) is 31.9 Å². The van der Waals surface area contributed by atoms with E-state index in [4.69, 9.17) is 4.98 Å². The van der Waals surface area contributed by atoms with Gasteiger partial charge in [0.15, 0.2) is 0 Å². The average molecular weight is 374 g/mol. The van der Waals surface area contributed by atoms with Crippen LogP contribution in [0.5, 0.6) is 0 Å². The van der Waals surface area contributed by atoms with Gasteiger partial charge in [-0.25, -0.2) is 4.98 Å². The highest BCUT2D eigenvalue weighted by Gasteiger charge is 2.38. The first-order chi connectivity index (χ1) is 13.8. The zero-order valence-electron chi connectivity index (χ0n) is 16.3. The van der Waals surface area contributed by atoms with Gasteiger partial charge in [0, 0.05) is 38.6 Å². The van der Waals surface area contributed by atoms with Crippen molar-refractivity contribution in [3.8, 4) is 0 Å². The highest BCUT2D eigenvalue weighted by molar-refractivity contribution is 5.75. The molecule has 0 N–H and O–H groups in total. The Kier molecular flexibility index (Phi) is 4.69. The Morgan fingerprint density at radius 2 is 1.75 bits per heavy atom. The zero-order valence-corrected chi connectivity index (χ0v) is 16.3. The molecule has 5 heteroatoms. The van der Waals surface area contributed by atoms with Gasteiger partial charge in [0.25, 0.3) is 0 Å². The van der Waals surface area contributed by atoms with Crippen LogP contribution >= 0.6 is 0 Å². The number of para-hydroxylation sites is 2. The first kappa shape index (κ1) is 17.6. The van der Waals surface area contributed by atoms with E-state index in [0.717, 1.165) is 36.5 Å². The number of nitrogens with zero attached hydrogens (tertiary/aromatic N) is 5. The molecule has 5 rings (SSSR count). The molecule has 28 heavy (non-hydrogen) atoms. The summed E-state index contributed by atoms with van der Waals surface area (Å²) in [6, 6.07) is 12.4. The van der Waals surface area contributed by atoms with Crippen molar-refractivity contribution in [3.05, 3.63) is 60.6 Å². The quantitative estimate of drug-likeness (QED) is 0.697. The number of rotatable bonds is 3. The number of aromatic nitrogens is 3. The summed E-state index contributed by atoms with van der Waals surface area (Å²) in [7, 11) is 0. The van der Waals surface area contributed by atoms with Crippen molar-refractivity contribution in [1.82, 2.24) is 19.9 Å². The number of hydrogen-bond acceptors (Lipinski definition) is 5. The molecular formula is C23H27N5. The van der Waals surface area contributed by atoms with Crippen LogP contribution in [0.2, 0.25) is 0 Å². The summed E-state index contributed by atoms with van der Waals surface area (Å²) >= 11 is 0. The summed E-state index contributed by atoms with van der Waals surface area (Å²) in [4.78, 5) is 18.8. The maximum absolute atomic E-state index is 4.85. The highest BCUT2D eigenvalue weighted by Crippen LogP contribution is 2.41. The van der Waals surface area contributed by atoms with Crippen LogP contribution < -0.4 is 4.90 Å². The van der Waals surface area contributed by atoms with Crippen LogP contribution in [0.1, 0.15) is 31.2 Å². The molecule has 3 aromatic rings. The molecule has 0 atom stereocenters. The van der Waals surface area contributed by atoms with Gasteiger partial charge in [-0.05, 0) is 61.4 Å². The fourth-order valence-electron chi connectivity index (χ4n) is 4.91. The van der Waals surface area contributed by atoms with E-state index in [9.17, 15) is 0 Å². The molecule has 2 aromatic heterocycles. The minimum absolute atomic E-state index is 0.460. The van der Waals surface area contributed by atoms with Gasteiger partial charge in [0.1, 0.15) is 5.82 Å². The van der Waals surface area contributed by atoms with Gasteiger partial charge in [0.2, 0.25) is 0 Å². The van der Waals surface area contributed by atoms with E-state index < -0.39 is 0 Å². The van der Waals surface area contributed by atoms with Crippen molar-refractivity contribution in [2.24, 2.45) is 5.41 Å². The molecule has 0 radical (unpaired) electrons. The van der Waals surface area contributed by atoms with E-state index in [1.54, 1.807) is 0 Å². The van der Waals surface area contributed by atoms with Gasteiger partial charge in [-0.3, -0.25) is 14.9 Å². The van der Waals surface area contributed by atoms with Crippen LogP contribution in [0.15, 0.2) is 55.0 Å². The molecule has 0 saturated carbocycles. The van der Waals surface area contributed by atoms with Crippen LogP contribution in [-0.4, -0.2) is 46.0 Å². The van der Waals surface area contributed by atoms with Gasteiger partial charge in [-0.2, -0.15) is 0 Å². The topological polar surface area (TPSA) is 45.2 Å². The zero-order chi connectivity index (χ0) is 18.8. The number of anilines is 1. The Hall–Kier alpha value is -2.53. The lowest BCUT2D eigenvalue weighted by Gasteiger charge is -2.48. The maximum Gasteiger partial charge on any atom is 0.147 e. The monoisotopic (exact) mass is 373 g/mol. The molecule has 2 aliphatic rings. The van der Waals surface area contributed by atoms with Gasteiger partial charge in [0.05, 0.1) is 17.2 Å². The van der Waals surface area contributed by atoms with E-state index in [1.807, 2.05) is 42.9 Å². The molecular weight excluding hydrogens is 346 g/mol. The number of benzene rings is 1. The Labute approximate surface area is 166 Å². The third-order valence-corrected chi connectivity index (χ3v) is 6.45. The molecule has 0 bridgehead atoms. The Bertz CT molecular complexity index is 934. The molecule has 1 aromatic carbocycles. The smallest absolute Gasteiger partial charge is 0.147 e. The van der Waals surface area contributed by atoms with E-state index in [-0.39, 0.29) is 0 Å². The Morgan fingerprint density at radius 3 is 2.57 bits per heavy atom. The second kappa shape index (κ2) is 7.47. The molecule has 5 nitrogen and oxygen atoms in total. The molecule has 4 heterocycles. The fourth-order valence-corrected chi connectivity index (χ4v) is 4.91. The predicted molar refractivity (Wildman–Crippen MR) is 112 cm³/mol. The molecule has 1 spiro atoms. The predicted octanol–water partition coefficient (Wildman–Crippen LogP) is 3.91. The molecule has 0 amide bonds. The maximum atomic E-state index is 4.85. The standard InChI is InChI=1S/C23H27N5/c1-2-7-21-20(6-1)25-16-22(26-21)28-13-9-23(10-14-28)8-4-12-27(18-23)17-19-5-3-11-24-15-19/h1-3,5-7,11,15-16H,4,8-10,12-14,17-18H2. The van der Waals surface area contributed by atoms with Crippen molar-refractivity contribution in [3.63, 3.8) is 0 Å². The average Bonchev–Trinajstić information content (AvgIpc) is 2.75. The summed E-state index contributed by atoms with van der Waals surface area (Å²) < 4.78 is 0. The van der Waals surface area contributed by atoms with Crippen LogP contribution in [0.25, 0.3) is 11.0 Å². The summed E-state index contributed by atoms with van der Waals surface area (Å²) in [5.74, 6) is 1.02. The molecule has 2 saturated heterocycles. The molecule has 0 aliphatic carbocycles. The number of piperidine rings is 2. The van der Waals surface area contributed by atoms with Crippen LogP contribution in [0.4, 0.5) is 5.82 Å². The van der Waals surface area contributed by atoms with Crippen molar-refractivity contribution in [1.29, 1.82) is 0 Å². The molecule has 144 valence electrons. The van der Waals surface area contributed by atoms with Crippen LogP contribution in [0, 0.1) is 5.41 Å². The summed E-state index contributed by atoms with van der Waals surface area (Å²) in [6.45, 7) is 5.59. The first-order valence-electron chi connectivity index (χ1n) is 10.4. The lowest BCUT2D eigenvalue weighted by atomic mass is 9.72. The number of likely N-dealkylation sites (tertiary alicyclic amines) is 1. The number of fused-ring (bicyclic) bond motifs is 1. The molecule has 2 fully saturated rings. The fraction of sp³-hybridized carbons (Fsp3) is 0.435. The SMILES string of the molecule is c1cncc(CN2CCCC3(CCN(c4cnc5ccccc5n4)CC3)C2)c1. The lowest BCUT2D eigenvalue weighted by Crippen LogP contribution is -2.49. The minimum Gasteiger partial charge on any atom is -0.355 e. The van der Waals surface area contributed by atoms with E-state index >= 15 is 0 Å². The minimum atomic E-state index is 0.460. The third-order valence-electron chi connectivity index (χ3n) is 6.45. The molecule has 0 unspecified atom stereocenters. The largest absolute Gasteiger partial charge is 0.355 e.